The number of methoxy groups -OCH3 is 2. The average molecular weight is 378 g/mol. The highest BCUT2D eigenvalue weighted by Crippen LogP contribution is 2.25. The van der Waals surface area contributed by atoms with E-state index in [0.29, 0.717) is 13.1 Å². The van der Waals surface area contributed by atoms with Gasteiger partial charge in [-0.25, -0.2) is 4.39 Å². The second-order valence-corrected chi connectivity index (χ2v) is 5.56. The van der Waals surface area contributed by atoms with Gasteiger partial charge in [0.2, 0.25) is 0 Å². The molecule has 3 rings (SSSR count). The molecular weight excluding hydrogens is 357 g/mol. The Labute approximate surface area is 157 Å². The molecule has 0 spiro atoms. The SMILES string of the molecule is COc1ccc(OC)c(CNCc2cn[nH]c2-c2ccc(F)cc2)c1.Cl. The van der Waals surface area contributed by atoms with E-state index in [-0.39, 0.29) is 18.2 Å². The van der Waals surface area contributed by atoms with Crippen molar-refractivity contribution in [3.63, 3.8) is 0 Å². The molecule has 0 amide bonds. The maximum absolute atomic E-state index is 13.1. The third kappa shape index (κ3) is 4.53. The van der Waals surface area contributed by atoms with E-state index in [4.69, 9.17) is 9.47 Å². The number of halogens is 2. The van der Waals surface area contributed by atoms with Gasteiger partial charge in [-0.15, -0.1) is 12.4 Å². The molecule has 7 heteroatoms. The normalized spacial score (nSPS) is 10.3. The molecular formula is C19H21ClFN3O2. The smallest absolute Gasteiger partial charge is 0.123 e. The van der Waals surface area contributed by atoms with E-state index in [9.17, 15) is 4.39 Å². The molecule has 1 heterocycles. The quantitative estimate of drug-likeness (QED) is 0.654. The maximum Gasteiger partial charge on any atom is 0.123 e. The summed E-state index contributed by atoms with van der Waals surface area (Å²) in [4.78, 5) is 0. The largest absolute Gasteiger partial charge is 0.497 e. The van der Waals surface area contributed by atoms with E-state index in [2.05, 4.69) is 15.5 Å². The number of aromatic nitrogens is 2. The van der Waals surface area contributed by atoms with Crippen molar-refractivity contribution in [1.29, 1.82) is 0 Å². The van der Waals surface area contributed by atoms with Crippen LogP contribution in [-0.2, 0) is 13.1 Å². The van der Waals surface area contributed by atoms with Gasteiger partial charge in [-0.05, 0) is 42.5 Å². The van der Waals surface area contributed by atoms with Crippen molar-refractivity contribution in [1.82, 2.24) is 15.5 Å². The third-order valence-electron chi connectivity index (χ3n) is 3.97. The molecule has 0 bridgehead atoms. The van der Waals surface area contributed by atoms with Gasteiger partial charge >= 0.3 is 0 Å². The summed E-state index contributed by atoms with van der Waals surface area (Å²) in [6, 6.07) is 12.0. The van der Waals surface area contributed by atoms with Crippen LogP contribution in [0.2, 0.25) is 0 Å². The van der Waals surface area contributed by atoms with Crippen LogP contribution in [0.5, 0.6) is 11.5 Å². The molecule has 0 aliphatic carbocycles. The van der Waals surface area contributed by atoms with Crippen molar-refractivity contribution in [2.75, 3.05) is 14.2 Å². The summed E-state index contributed by atoms with van der Waals surface area (Å²) in [5.41, 5.74) is 3.79. The fourth-order valence-corrected chi connectivity index (χ4v) is 2.66. The van der Waals surface area contributed by atoms with Crippen molar-refractivity contribution < 1.29 is 13.9 Å². The number of benzene rings is 2. The van der Waals surface area contributed by atoms with Crippen LogP contribution in [0.1, 0.15) is 11.1 Å². The number of H-pyrrole nitrogens is 1. The fourth-order valence-electron chi connectivity index (χ4n) is 2.66. The van der Waals surface area contributed by atoms with Gasteiger partial charge < -0.3 is 14.8 Å². The van der Waals surface area contributed by atoms with E-state index in [0.717, 1.165) is 33.9 Å². The highest BCUT2D eigenvalue weighted by atomic mass is 35.5. The van der Waals surface area contributed by atoms with Gasteiger partial charge in [0.25, 0.3) is 0 Å². The zero-order valence-corrected chi connectivity index (χ0v) is 15.4. The van der Waals surface area contributed by atoms with E-state index in [1.165, 1.54) is 12.1 Å². The standard InChI is InChI=1S/C19H20FN3O2.ClH/c1-24-17-7-8-18(25-2)14(9-17)10-21-11-15-12-22-23-19(15)13-3-5-16(20)6-4-13;/h3-9,12,21H,10-11H2,1-2H3,(H,22,23);1H. The van der Waals surface area contributed by atoms with E-state index in [1.54, 1.807) is 32.5 Å². The van der Waals surface area contributed by atoms with Gasteiger partial charge in [-0.2, -0.15) is 5.10 Å². The topological polar surface area (TPSA) is 59.2 Å². The van der Waals surface area contributed by atoms with Crippen molar-refractivity contribution in [3.8, 4) is 22.8 Å². The minimum absolute atomic E-state index is 0. The van der Waals surface area contributed by atoms with Crippen molar-refractivity contribution in [2.45, 2.75) is 13.1 Å². The first-order valence-electron chi connectivity index (χ1n) is 7.91. The Kier molecular flexibility index (Phi) is 7.00. The lowest BCUT2D eigenvalue weighted by atomic mass is 10.1. The minimum Gasteiger partial charge on any atom is -0.497 e. The molecule has 138 valence electrons. The lowest BCUT2D eigenvalue weighted by molar-refractivity contribution is 0.397. The monoisotopic (exact) mass is 377 g/mol. The number of rotatable bonds is 7. The second kappa shape index (κ2) is 9.22. The van der Waals surface area contributed by atoms with Crippen LogP contribution in [0.15, 0.2) is 48.7 Å². The summed E-state index contributed by atoms with van der Waals surface area (Å²) in [5.74, 6) is 1.33. The Morgan fingerprint density at radius 2 is 1.73 bits per heavy atom. The molecule has 0 radical (unpaired) electrons. The fraction of sp³-hybridized carbons (Fsp3) is 0.211. The molecule has 2 aromatic carbocycles. The molecule has 0 aliphatic heterocycles. The number of ether oxygens (including phenoxy) is 2. The molecule has 0 fully saturated rings. The summed E-state index contributed by atoms with van der Waals surface area (Å²) < 4.78 is 23.7. The van der Waals surface area contributed by atoms with Crippen LogP contribution < -0.4 is 14.8 Å². The lowest BCUT2D eigenvalue weighted by Crippen LogP contribution is -2.13. The number of aromatic amines is 1. The van der Waals surface area contributed by atoms with Crippen LogP contribution in [0.25, 0.3) is 11.3 Å². The molecule has 3 aromatic rings. The molecule has 0 saturated carbocycles. The first-order valence-corrected chi connectivity index (χ1v) is 7.91. The Bertz CT molecular complexity index is 837. The van der Waals surface area contributed by atoms with E-state index < -0.39 is 0 Å². The number of nitrogens with one attached hydrogen (secondary N) is 2. The predicted octanol–water partition coefficient (Wildman–Crippen LogP) is 3.94. The summed E-state index contributed by atoms with van der Waals surface area (Å²) >= 11 is 0. The predicted molar refractivity (Wildman–Crippen MR) is 101 cm³/mol. The molecule has 26 heavy (non-hydrogen) atoms. The Balaban J connectivity index is 0.00000243. The molecule has 0 atom stereocenters. The Morgan fingerprint density at radius 1 is 1.00 bits per heavy atom. The summed E-state index contributed by atoms with van der Waals surface area (Å²) in [7, 11) is 3.29. The van der Waals surface area contributed by atoms with Crippen molar-refractivity contribution >= 4 is 12.4 Å². The van der Waals surface area contributed by atoms with Crippen LogP contribution in [-0.4, -0.2) is 24.4 Å². The average Bonchev–Trinajstić information content (AvgIpc) is 3.10. The van der Waals surface area contributed by atoms with Gasteiger partial charge in [0.1, 0.15) is 17.3 Å². The van der Waals surface area contributed by atoms with Gasteiger partial charge in [0, 0.05) is 29.8 Å². The Hall–Kier alpha value is -2.57. The number of nitrogens with zero attached hydrogens (tertiary/aromatic N) is 1. The molecule has 5 nitrogen and oxygen atoms in total. The highest BCUT2D eigenvalue weighted by Gasteiger charge is 2.09. The molecule has 0 saturated heterocycles. The zero-order chi connectivity index (χ0) is 17.6. The zero-order valence-electron chi connectivity index (χ0n) is 14.6. The molecule has 0 aliphatic rings. The summed E-state index contributed by atoms with van der Waals surface area (Å²) in [5, 5.41) is 10.5. The molecule has 2 N–H and O–H groups in total. The maximum atomic E-state index is 13.1. The van der Waals surface area contributed by atoms with Gasteiger partial charge in [0.05, 0.1) is 26.1 Å². The van der Waals surface area contributed by atoms with Crippen LogP contribution >= 0.6 is 12.4 Å². The highest BCUT2D eigenvalue weighted by molar-refractivity contribution is 5.85. The minimum atomic E-state index is -0.256. The van der Waals surface area contributed by atoms with Crippen LogP contribution in [0.3, 0.4) is 0 Å². The lowest BCUT2D eigenvalue weighted by Gasteiger charge is -2.11. The van der Waals surface area contributed by atoms with Crippen LogP contribution in [0, 0.1) is 5.82 Å². The van der Waals surface area contributed by atoms with Gasteiger partial charge in [-0.3, -0.25) is 5.10 Å². The molecule has 0 unspecified atom stereocenters. The van der Waals surface area contributed by atoms with Gasteiger partial charge in [-0.1, -0.05) is 0 Å². The summed E-state index contributed by atoms with van der Waals surface area (Å²) in [6.07, 6.45) is 1.77. The van der Waals surface area contributed by atoms with Crippen molar-refractivity contribution in [3.05, 3.63) is 65.6 Å². The number of hydrogen-bond acceptors (Lipinski definition) is 4. The second-order valence-electron chi connectivity index (χ2n) is 5.56. The van der Waals surface area contributed by atoms with Gasteiger partial charge in [0.15, 0.2) is 0 Å². The Morgan fingerprint density at radius 3 is 2.42 bits per heavy atom. The third-order valence-corrected chi connectivity index (χ3v) is 3.97. The van der Waals surface area contributed by atoms with Crippen LogP contribution in [0.4, 0.5) is 4.39 Å². The number of hydrogen-bond donors (Lipinski definition) is 2. The first-order chi connectivity index (χ1) is 12.2. The van der Waals surface area contributed by atoms with Crippen molar-refractivity contribution in [2.24, 2.45) is 0 Å². The molecule has 1 aromatic heterocycles. The van der Waals surface area contributed by atoms with E-state index >= 15 is 0 Å². The first kappa shape index (κ1) is 19.8. The summed E-state index contributed by atoms with van der Waals surface area (Å²) in [6.45, 7) is 1.23. The van der Waals surface area contributed by atoms with E-state index in [1.807, 2.05) is 18.2 Å².